The lowest BCUT2D eigenvalue weighted by Gasteiger charge is -2.36. The van der Waals surface area contributed by atoms with Crippen molar-refractivity contribution in [3.63, 3.8) is 0 Å². The largest absolute Gasteiger partial charge is 0.368 e. The third-order valence-corrected chi connectivity index (χ3v) is 4.39. The maximum absolute atomic E-state index is 12.6. The van der Waals surface area contributed by atoms with E-state index in [0.717, 1.165) is 18.8 Å². The Morgan fingerprint density at radius 1 is 1.04 bits per heavy atom. The van der Waals surface area contributed by atoms with Crippen molar-refractivity contribution in [1.82, 2.24) is 4.90 Å². The number of carbonyl (C=O) groups is 1. The molecule has 0 unspecified atom stereocenters. The Balaban J connectivity index is 1.68. The summed E-state index contributed by atoms with van der Waals surface area (Å²) in [4.78, 5) is 26.8. The van der Waals surface area contributed by atoms with E-state index in [2.05, 4.69) is 4.90 Å². The van der Waals surface area contributed by atoms with Crippen LogP contribution in [0, 0.1) is 10.1 Å². The van der Waals surface area contributed by atoms with Crippen LogP contribution in [0.1, 0.15) is 10.4 Å². The van der Waals surface area contributed by atoms with Crippen LogP contribution >= 0.6 is 11.6 Å². The average Bonchev–Trinajstić information content (AvgIpc) is 2.62. The van der Waals surface area contributed by atoms with Crippen molar-refractivity contribution in [3.8, 4) is 0 Å². The monoisotopic (exact) mass is 345 g/mol. The molecule has 24 heavy (non-hydrogen) atoms. The van der Waals surface area contributed by atoms with Crippen LogP contribution in [-0.4, -0.2) is 41.9 Å². The number of hydrogen-bond donors (Lipinski definition) is 0. The lowest BCUT2D eigenvalue weighted by molar-refractivity contribution is -0.384. The Morgan fingerprint density at radius 3 is 2.29 bits per heavy atom. The standard InChI is InChI=1S/C17H16ClN3O3/c18-16-12-14(21(23)24)6-7-15(16)17(22)20-10-8-19(9-11-20)13-4-2-1-3-5-13/h1-7,12H,8-11H2. The van der Waals surface area contributed by atoms with Crippen molar-refractivity contribution in [2.45, 2.75) is 0 Å². The van der Waals surface area contributed by atoms with Crippen molar-refractivity contribution in [2.75, 3.05) is 31.1 Å². The molecule has 2 aromatic rings. The Kier molecular flexibility index (Phi) is 4.66. The summed E-state index contributed by atoms with van der Waals surface area (Å²) in [5.74, 6) is -0.192. The number of benzene rings is 2. The molecular weight excluding hydrogens is 330 g/mol. The van der Waals surface area contributed by atoms with Crippen LogP contribution in [0.3, 0.4) is 0 Å². The molecule has 7 heteroatoms. The first-order valence-electron chi connectivity index (χ1n) is 7.59. The molecule has 0 atom stereocenters. The summed E-state index contributed by atoms with van der Waals surface area (Å²) in [7, 11) is 0. The molecule has 0 spiro atoms. The number of non-ortho nitro benzene ring substituents is 1. The zero-order valence-corrected chi connectivity index (χ0v) is 13.6. The number of nitro benzene ring substituents is 1. The molecule has 0 N–H and O–H groups in total. The number of amides is 1. The molecule has 0 aliphatic carbocycles. The quantitative estimate of drug-likeness (QED) is 0.633. The molecule has 3 rings (SSSR count). The van der Waals surface area contributed by atoms with Crippen LogP contribution in [0.5, 0.6) is 0 Å². The normalized spacial score (nSPS) is 14.5. The summed E-state index contributed by atoms with van der Waals surface area (Å²) in [6, 6.07) is 14.0. The average molecular weight is 346 g/mol. The lowest BCUT2D eigenvalue weighted by atomic mass is 10.1. The number of carbonyl (C=O) groups excluding carboxylic acids is 1. The molecule has 1 amide bonds. The maximum Gasteiger partial charge on any atom is 0.270 e. The predicted octanol–water partition coefficient (Wildman–Crippen LogP) is 3.21. The zero-order valence-electron chi connectivity index (χ0n) is 12.9. The summed E-state index contributed by atoms with van der Waals surface area (Å²) in [6.07, 6.45) is 0. The second kappa shape index (κ2) is 6.88. The minimum atomic E-state index is -0.529. The van der Waals surface area contributed by atoms with E-state index in [1.54, 1.807) is 4.90 Å². The first-order valence-corrected chi connectivity index (χ1v) is 7.97. The summed E-state index contributed by atoms with van der Waals surface area (Å²) < 4.78 is 0. The fourth-order valence-corrected chi connectivity index (χ4v) is 3.02. The van der Waals surface area contributed by atoms with Gasteiger partial charge in [-0.25, -0.2) is 0 Å². The van der Waals surface area contributed by atoms with Crippen LogP contribution in [0.2, 0.25) is 5.02 Å². The number of rotatable bonds is 3. The van der Waals surface area contributed by atoms with Gasteiger partial charge in [0.25, 0.3) is 11.6 Å². The number of nitrogens with zero attached hydrogens (tertiary/aromatic N) is 3. The second-order valence-electron chi connectivity index (χ2n) is 5.54. The molecule has 0 radical (unpaired) electrons. The molecule has 2 aromatic carbocycles. The van der Waals surface area contributed by atoms with Gasteiger partial charge in [-0.2, -0.15) is 0 Å². The van der Waals surface area contributed by atoms with E-state index in [-0.39, 0.29) is 16.6 Å². The van der Waals surface area contributed by atoms with Crippen LogP contribution in [0.15, 0.2) is 48.5 Å². The van der Waals surface area contributed by atoms with E-state index < -0.39 is 4.92 Å². The minimum Gasteiger partial charge on any atom is -0.368 e. The van der Waals surface area contributed by atoms with Crippen molar-refractivity contribution >= 4 is 28.9 Å². The Hall–Kier alpha value is -2.60. The third-order valence-electron chi connectivity index (χ3n) is 4.08. The smallest absolute Gasteiger partial charge is 0.270 e. The van der Waals surface area contributed by atoms with Crippen molar-refractivity contribution in [1.29, 1.82) is 0 Å². The van der Waals surface area contributed by atoms with Crippen LogP contribution in [-0.2, 0) is 0 Å². The molecule has 1 aliphatic rings. The summed E-state index contributed by atoms with van der Waals surface area (Å²) in [5, 5.41) is 10.9. The predicted molar refractivity (Wildman–Crippen MR) is 92.7 cm³/mol. The van der Waals surface area contributed by atoms with Gasteiger partial charge in [-0.3, -0.25) is 14.9 Å². The zero-order chi connectivity index (χ0) is 17.1. The lowest BCUT2D eigenvalue weighted by Crippen LogP contribution is -2.48. The topological polar surface area (TPSA) is 66.7 Å². The highest BCUT2D eigenvalue weighted by Gasteiger charge is 2.24. The first-order chi connectivity index (χ1) is 11.6. The van der Waals surface area contributed by atoms with Crippen molar-refractivity contribution < 1.29 is 9.72 Å². The van der Waals surface area contributed by atoms with E-state index in [1.165, 1.54) is 18.2 Å². The van der Waals surface area contributed by atoms with Crippen molar-refractivity contribution in [3.05, 3.63) is 69.2 Å². The molecule has 124 valence electrons. The SMILES string of the molecule is O=C(c1ccc([N+](=O)[O-])cc1Cl)N1CCN(c2ccccc2)CC1. The highest BCUT2D eigenvalue weighted by molar-refractivity contribution is 6.34. The molecular formula is C17H16ClN3O3. The fourth-order valence-electron chi connectivity index (χ4n) is 2.77. The maximum atomic E-state index is 12.6. The van der Waals surface area contributed by atoms with Gasteiger partial charge in [0.15, 0.2) is 0 Å². The highest BCUT2D eigenvalue weighted by Crippen LogP contribution is 2.24. The third kappa shape index (κ3) is 3.33. The van der Waals surface area contributed by atoms with Gasteiger partial charge in [0.1, 0.15) is 0 Å². The minimum absolute atomic E-state index is 0.111. The van der Waals surface area contributed by atoms with Crippen LogP contribution < -0.4 is 4.90 Å². The van der Waals surface area contributed by atoms with Gasteiger partial charge < -0.3 is 9.80 Å². The fraction of sp³-hybridized carbons (Fsp3) is 0.235. The Labute approximate surface area is 144 Å². The van der Waals surface area contributed by atoms with Gasteiger partial charge in [0.05, 0.1) is 15.5 Å². The van der Waals surface area contributed by atoms with Gasteiger partial charge in [-0.1, -0.05) is 29.8 Å². The van der Waals surface area contributed by atoms with Crippen LogP contribution in [0.25, 0.3) is 0 Å². The molecule has 1 saturated heterocycles. The van der Waals surface area contributed by atoms with Gasteiger partial charge >= 0.3 is 0 Å². The molecule has 0 bridgehead atoms. The molecule has 1 heterocycles. The van der Waals surface area contributed by atoms with Gasteiger partial charge in [0, 0.05) is 44.0 Å². The summed E-state index contributed by atoms with van der Waals surface area (Å²) >= 11 is 6.05. The number of hydrogen-bond acceptors (Lipinski definition) is 4. The Bertz CT molecular complexity index is 759. The van der Waals surface area contributed by atoms with E-state index >= 15 is 0 Å². The van der Waals surface area contributed by atoms with E-state index in [9.17, 15) is 14.9 Å². The summed E-state index contributed by atoms with van der Waals surface area (Å²) in [6.45, 7) is 2.64. The molecule has 0 saturated carbocycles. The van der Waals surface area contributed by atoms with Crippen molar-refractivity contribution in [2.24, 2.45) is 0 Å². The number of nitro groups is 1. The van der Waals surface area contributed by atoms with E-state index in [4.69, 9.17) is 11.6 Å². The van der Waals surface area contributed by atoms with Gasteiger partial charge in [-0.05, 0) is 18.2 Å². The second-order valence-corrected chi connectivity index (χ2v) is 5.94. The molecule has 0 aromatic heterocycles. The number of halogens is 1. The van der Waals surface area contributed by atoms with E-state index in [0.29, 0.717) is 18.7 Å². The molecule has 6 nitrogen and oxygen atoms in total. The van der Waals surface area contributed by atoms with E-state index in [1.807, 2.05) is 30.3 Å². The number of para-hydroxylation sites is 1. The number of anilines is 1. The Morgan fingerprint density at radius 2 is 1.71 bits per heavy atom. The molecule has 1 aliphatic heterocycles. The summed E-state index contributed by atoms with van der Waals surface area (Å²) in [5.41, 5.74) is 1.32. The van der Waals surface area contributed by atoms with Gasteiger partial charge in [0.2, 0.25) is 0 Å². The first kappa shape index (κ1) is 16.3. The van der Waals surface area contributed by atoms with Gasteiger partial charge in [-0.15, -0.1) is 0 Å². The van der Waals surface area contributed by atoms with Crippen LogP contribution in [0.4, 0.5) is 11.4 Å². The number of piperazine rings is 1. The highest BCUT2D eigenvalue weighted by atomic mass is 35.5. The molecule has 1 fully saturated rings.